The smallest absolute Gasteiger partial charge is 0.0822 e. The van der Waals surface area contributed by atoms with Gasteiger partial charge in [0.05, 0.1) is 8.46 Å². The van der Waals surface area contributed by atoms with Crippen LogP contribution in [0, 0.1) is 0 Å². The van der Waals surface area contributed by atoms with Crippen molar-refractivity contribution in [1.82, 2.24) is 0 Å². The third-order valence-electron chi connectivity index (χ3n) is 0.0833. The summed E-state index contributed by atoms with van der Waals surface area (Å²) in [5.74, 6) is 1.35. The Balaban J connectivity index is 2.73. The van der Waals surface area contributed by atoms with Crippen LogP contribution in [0.15, 0.2) is 12.4 Å². The molecule has 1 nitrogen and oxygen atoms in total. The van der Waals surface area contributed by atoms with Crippen LogP contribution in [0.2, 0.25) is 0 Å². The van der Waals surface area contributed by atoms with E-state index in [1.54, 1.807) is 0 Å². The van der Waals surface area contributed by atoms with Crippen LogP contribution in [0.4, 0.5) is 0 Å². The van der Waals surface area contributed by atoms with E-state index in [0.29, 0.717) is 0 Å². The molecule has 0 aromatic carbocycles. The highest BCUT2D eigenvalue weighted by molar-refractivity contribution is 7.27. The van der Waals surface area contributed by atoms with Crippen LogP contribution in [0.5, 0.6) is 0 Å². The van der Waals surface area contributed by atoms with E-state index in [0.717, 1.165) is 0 Å². The van der Waals surface area contributed by atoms with Crippen molar-refractivity contribution in [3.63, 3.8) is 0 Å². The molecule has 0 aromatic rings. The lowest BCUT2D eigenvalue weighted by Gasteiger charge is -1.39. The Morgan fingerprint density at radius 2 is 2.25 bits per heavy atom. The van der Waals surface area contributed by atoms with Crippen molar-refractivity contribution in [1.29, 1.82) is 0 Å². The fraction of sp³-hybridized carbons (Fsp3) is 0. The quantitative estimate of drug-likeness (QED) is 0.427. The van der Waals surface area contributed by atoms with Crippen molar-refractivity contribution < 1.29 is 4.57 Å². The first-order valence-electron chi connectivity index (χ1n) is 0.901. The molecule has 0 bridgehead atoms. The standard InChI is InChI=1S/C2H4OP/c1-2-4-3/h2,4H,1H2. The first kappa shape index (κ1) is 3.84. The van der Waals surface area contributed by atoms with Crippen LogP contribution >= 0.6 is 8.46 Å². The van der Waals surface area contributed by atoms with Gasteiger partial charge in [-0.1, -0.05) is 6.58 Å². The molecule has 0 aromatic heterocycles. The second-order valence-corrected chi connectivity index (χ2v) is 0.966. The zero-order valence-corrected chi connectivity index (χ0v) is 3.19. The summed E-state index contributed by atoms with van der Waals surface area (Å²) in [6.45, 7) is 3.18. The van der Waals surface area contributed by atoms with Crippen molar-refractivity contribution in [2.45, 2.75) is 0 Å². The van der Waals surface area contributed by atoms with Crippen LogP contribution in [0.3, 0.4) is 0 Å². The maximum Gasteiger partial charge on any atom is 0.0822 e. The number of rotatable bonds is 1. The summed E-state index contributed by atoms with van der Waals surface area (Å²) in [6, 6.07) is 0. The zero-order valence-electron chi connectivity index (χ0n) is 2.19. The number of hydrogen-bond acceptors (Lipinski definition) is 1. The van der Waals surface area contributed by atoms with Gasteiger partial charge >= 0.3 is 0 Å². The minimum absolute atomic E-state index is 0.346. The summed E-state index contributed by atoms with van der Waals surface area (Å²) in [7, 11) is -0.346. The Morgan fingerprint density at radius 3 is 2.25 bits per heavy atom. The molecule has 1 unspecified atom stereocenters. The van der Waals surface area contributed by atoms with Gasteiger partial charge < -0.3 is 0 Å². The largest absolute Gasteiger partial charge is 0.286 e. The molecule has 2 heteroatoms. The molecule has 0 fully saturated rings. The van der Waals surface area contributed by atoms with Gasteiger partial charge in [-0.3, -0.25) is 4.57 Å². The molecule has 0 saturated heterocycles. The topological polar surface area (TPSA) is 17.1 Å². The molecule has 0 aliphatic heterocycles. The first-order valence-corrected chi connectivity index (χ1v) is 1.89. The van der Waals surface area contributed by atoms with Crippen LogP contribution in [-0.2, 0) is 4.57 Å². The van der Waals surface area contributed by atoms with Gasteiger partial charge in [0.2, 0.25) is 0 Å². The van der Waals surface area contributed by atoms with Gasteiger partial charge in [-0.15, -0.1) is 0 Å². The van der Waals surface area contributed by atoms with Gasteiger partial charge in [0, 0.05) is 0 Å². The normalized spacial score (nSPS) is 7.00. The molecule has 1 radical (unpaired) electrons. The van der Waals surface area contributed by atoms with Crippen LogP contribution in [-0.4, -0.2) is 0 Å². The Labute approximate surface area is 26.5 Å². The van der Waals surface area contributed by atoms with E-state index in [-0.39, 0.29) is 8.46 Å². The molecule has 1 atom stereocenters. The van der Waals surface area contributed by atoms with Crippen LogP contribution in [0.1, 0.15) is 0 Å². The summed E-state index contributed by atoms with van der Waals surface area (Å²) in [6.07, 6.45) is 0. The summed E-state index contributed by atoms with van der Waals surface area (Å²) in [5.41, 5.74) is 0. The van der Waals surface area contributed by atoms with Crippen molar-refractivity contribution >= 4 is 8.46 Å². The third-order valence-corrected chi connectivity index (χ3v) is 0.250. The monoisotopic (exact) mass is 75.0 g/mol. The van der Waals surface area contributed by atoms with Gasteiger partial charge in [0.1, 0.15) is 0 Å². The Morgan fingerprint density at radius 1 is 2.00 bits per heavy atom. The van der Waals surface area contributed by atoms with E-state index in [9.17, 15) is 4.57 Å². The Hall–Kier alpha value is -0.160. The predicted molar refractivity (Wildman–Crippen MR) is 19.2 cm³/mol. The second-order valence-electron chi connectivity index (χ2n) is 0.322. The molecule has 0 spiro atoms. The molecule has 0 aliphatic carbocycles. The fourth-order valence-electron chi connectivity index (χ4n) is 0. The summed E-state index contributed by atoms with van der Waals surface area (Å²) < 4.78 is 9.21. The highest BCUT2D eigenvalue weighted by Gasteiger charge is 1.36. The molecular formula is C2H4OP. The molecular weight excluding hydrogens is 71.0 g/mol. The van der Waals surface area contributed by atoms with E-state index in [1.165, 1.54) is 5.82 Å². The lowest BCUT2D eigenvalue weighted by molar-refractivity contribution is 0.603. The summed E-state index contributed by atoms with van der Waals surface area (Å²) in [5, 5.41) is 0. The molecule has 23 valence electrons. The third kappa shape index (κ3) is 1.84. The van der Waals surface area contributed by atoms with Crippen molar-refractivity contribution in [2.75, 3.05) is 0 Å². The summed E-state index contributed by atoms with van der Waals surface area (Å²) in [4.78, 5) is 0. The van der Waals surface area contributed by atoms with Gasteiger partial charge in [-0.25, -0.2) is 0 Å². The van der Waals surface area contributed by atoms with Gasteiger partial charge in [0.25, 0.3) is 0 Å². The highest BCUT2D eigenvalue weighted by Crippen LogP contribution is 1.84. The van der Waals surface area contributed by atoms with Gasteiger partial charge in [0.15, 0.2) is 0 Å². The Kier molecular flexibility index (Phi) is 2.73. The molecule has 0 amide bonds. The average molecular weight is 75.0 g/mol. The molecule has 0 N–H and O–H groups in total. The van der Waals surface area contributed by atoms with Crippen LogP contribution < -0.4 is 0 Å². The van der Waals surface area contributed by atoms with Gasteiger partial charge in [-0.2, -0.15) is 0 Å². The van der Waals surface area contributed by atoms with Crippen molar-refractivity contribution in [2.24, 2.45) is 0 Å². The van der Waals surface area contributed by atoms with E-state index in [4.69, 9.17) is 0 Å². The highest BCUT2D eigenvalue weighted by atomic mass is 31.1. The first-order chi connectivity index (χ1) is 1.91. The van der Waals surface area contributed by atoms with E-state index < -0.39 is 0 Å². The summed E-state index contributed by atoms with van der Waals surface area (Å²) >= 11 is 0. The minimum atomic E-state index is -0.346. The van der Waals surface area contributed by atoms with Crippen molar-refractivity contribution in [3.05, 3.63) is 12.4 Å². The zero-order chi connectivity index (χ0) is 3.41. The molecule has 0 rings (SSSR count). The molecule has 0 aliphatic rings. The lowest BCUT2D eigenvalue weighted by Crippen LogP contribution is -1.02. The Bertz CT molecular complexity index is 27.0. The number of hydrogen-bond donors (Lipinski definition) is 0. The predicted octanol–water partition coefficient (Wildman–Crippen LogP) is 1.15. The SMILES string of the molecule is C=C[PH]=O. The maximum atomic E-state index is 9.21. The van der Waals surface area contributed by atoms with E-state index in [2.05, 4.69) is 6.58 Å². The van der Waals surface area contributed by atoms with Crippen LogP contribution in [0.25, 0.3) is 0 Å². The fourth-order valence-corrected chi connectivity index (χ4v) is 0. The maximum absolute atomic E-state index is 9.21. The lowest BCUT2D eigenvalue weighted by atomic mass is 11.3. The molecule has 0 heterocycles. The average Bonchev–Trinajstić information content (AvgIpc) is 1.37. The van der Waals surface area contributed by atoms with Crippen molar-refractivity contribution in [3.8, 4) is 0 Å². The van der Waals surface area contributed by atoms with Gasteiger partial charge in [-0.05, 0) is 5.82 Å². The molecule has 4 heavy (non-hydrogen) atoms. The minimum Gasteiger partial charge on any atom is -0.286 e. The molecule has 0 saturated carbocycles. The van der Waals surface area contributed by atoms with E-state index >= 15 is 0 Å². The second kappa shape index (κ2) is 2.84. The van der Waals surface area contributed by atoms with E-state index in [1.807, 2.05) is 0 Å².